The zero-order valence-corrected chi connectivity index (χ0v) is 17.0. The number of benzene rings is 2. The van der Waals surface area contributed by atoms with Crippen molar-refractivity contribution in [3.8, 4) is 0 Å². The van der Waals surface area contributed by atoms with Gasteiger partial charge in [0.2, 0.25) is 0 Å². The maximum atomic E-state index is 13.3. The molecule has 0 saturated heterocycles. The van der Waals surface area contributed by atoms with Crippen molar-refractivity contribution in [2.24, 2.45) is 5.41 Å². The van der Waals surface area contributed by atoms with Gasteiger partial charge in [0.1, 0.15) is 5.82 Å². The first kappa shape index (κ1) is 16.6. The third-order valence-corrected chi connectivity index (χ3v) is 7.35. The minimum Gasteiger partial charge on any atom is -0.331 e. The molecule has 1 aromatic heterocycles. The molecule has 1 amide bonds. The highest BCUT2D eigenvalue weighted by molar-refractivity contribution is 6.31. The average molecular weight is 392 g/mol. The number of halogens is 1. The maximum Gasteiger partial charge on any atom is 0.254 e. The van der Waals surface area contributed by atoms with E-state index in [0.717, 1.165) is 33.9 Å². The fourth-order valence-electron chi connectivity index (χ4n) is 5.42. The van der Waals surface area contributed by atoms with Gasteiger partial charge in [0.15, 0.2) is 0 Å². The Labute approximate surface area is 169 Å². The average Bonchev–Trinajstić information content (AvgIpc) is 3.01. The largest absolute Gasteiger partial charge is 0.331 e. The Bertz CT molecular complexity index is 1180. The molecule has 0 spiro atoms. The van der Waals surface area contributed by atoms with E-state index in [9.17, 15) is 4.79 Å². The summed E-state index contributed by atoms with van der Waals surface area (Å²) in [7, 11) is 1.91. The number of hydrogen-bond donors (Lipinski definition) is 0. The van der Waals surface area contributed by atoms with Crippen LogP contribution >= 0.6 is 11.6 Å². The molecule has 1 unspecified atom stereocenters. The lowest BCUT2D eigenvalue weighted by atomic mass is 9.89. The van der Waals surface area contributed by atoms with Crippen LogP contribution in [0.15, 0.2) is 36.4 Å². The number of nitrogens with zero attached hydrogens (tertiary/aromatic N) is 3. The van der Waals surface area contributed by atoms with Gasteiger partial charge >= 0.3 is 0 Å². The van der Waals surface area contributed by atoms with Crippen molar-refractivity contribution in [2.45, 2.75) is 44.7 Å². The monoisotopic (exact) mass is 391 g/mol. The summed E-state index contributed by atoms with van der Waals surface area (Å²) in [5, 5.41) is 0.718. The van der Waals surface area contributed by atoms with Gasteiger partial charge in [0.25, 0.3) is 5.91 Å². The highest BCUT2D eigenvalue weighted by atomic mass is 35.5. The maximum absolute atomic E-state index is 13.3. The zero-order chi connectivity index (χ0) is 19.4. The van der Waals surface area contributed by atoms with Gasteiger partial charge in [-0.2, -0.15) is 0 Å². The molecule has 28 heavy (non-hydrogen) atoms. The second kappa shape index (κ2) is 5.18. The molecule has 3 aliphatic rings. The van der Waals surface area contributed by atoms with Gasteiger partial charge in [-0.1, -0.05) is 37.6 Å². The molecule has 2 bridgehead atoms. The first-order valence-corrected chi connectivity index (χ1v) is 10.3. The molecule has 2 aliphatic heterocycles. The Kier molecular flexibility index (Phi) is 3.07. The summed E-state index contributed by atoms with van der Waals surface area (Å²) in [5.74, 6) is 1.60. The molecule has 142 valence electrons. The van der Waals surface area contributed by atoms with E-state index in [2.05, 4.69) is 30.5 Å². The molecule has 3 heterocycles. The molecule has 3 atom stereocenters. The van der Waals surface area contributed by atoms with E-state index in [4.69, 9.17) is 16.6 Å². The lowest BCUT2D eigenvalue weighted by molar-refractivity contribution is 0.0734. The van der Waals surface area contributed by atoms with Gasteiger partial charge in [-0.15, -0.1) is 0 Å². The third kappa shape index (κ3) is 2.02. The van der Waals surface area contributed by atoms with E-state index >= 15 is 0 Å². The fraction of sp³-hybridized carbons (Fsp3) is 0.391. The Morgan fingerprint density at radius 2 is 1.96 bits per heavy atom. The number of amides is 1. The minimum absolute atomic E-state index is 0.00358. The lowest BCUT2D eigenvalue weighted by Crippen LogP contribution is -2.30. The van der Waals surface area contributed by atoms with Crippen molar-refractivity contribution in [3.05, 3.63) is 63.9 Å². The number of carbonyl (C=O) groups is 1. The van der Waals surface area contributed by atoms with Crippen molar-refractivity contribution >= 4 is 28.5 Å². The van der Waals surface area contributed by atoms with Gasteiger partial charge in [-0.25, -0.2) is 4.98 Å². The smallest absolute Gasteiger partial charge is 0.254 e. The second-order valence-corrected chi connectivity index (χ2v) is 9.65. The van der Waals surface area contributed by atoms with Crippen molar-refractivity contribution in [2.75, 3.05) is 7.05 Å². The molecule has 0 radical (unpaired) electrons. The predicted octanol–water partition coefficient (Wildman–Crippen LogP) is 5.32. The summed E-state index contributed by atoms with van der Waals surface area (Å²) in [6.45, 7) is 4.63. The van der Waals surface area contributed by atoms with Crippen molar-refractivity contribution in [1.82, 2.24) is 14.5 Å². The van der Waals surface area contributed by atoms with Crippen LogP contribution in [0.3, 0.4) is 0 Å². The van der Waals surface area contributed by atoms with Gasteiger partial charge in [0, 0.05) is 24.1 Å². The Balaban J connectivity index is 1.67. The number of hydrogen-bond acceptors (Lipinski definition) is 2. The van der Waals surface area contributed by atoms with E-state index in [1.807, 2.05) is 36.2 Å². The molecule has 1 fully saturated rings. The highest BCUT2D eigenvalue weighted by Gasteiger charge is 2.51. The number of carbonyl (C=O) groups excluding carboxylic acids is 1. The first-order chi connectivity index (χ1) is 13.4. The number of aromatic nitrogens is 2. The van der Waals surface area contributed by atoms with Gasteiger partial charge in [-0.05, 0) is 53.1 Å². The van der Waals surface area contributed by atoms with Gasteiger partial charge in [0.05, 0.1) is 23.1 Å². The van der Waals surface area contributed by atoms with Crippen molar-refractivity contribution in [3.63, 3.8) is 0 Å². The van der Waals surface area contributed by atoms with Gasteiger partial charge in [-0.3, -0.25) is 4.79 Å². The van der Waals surface area contributed by atoms with E-state index in [1.54, 1.807) is 0 Å². The topological polar surface area (TPSA) is 38.1 Å². The predicted molar refractivity (Wildman–Crippen MR) is 110 cm³/mol. The Morgan fingerprint density at radius 3 is 2.71 bits per heavy atom. The zero-order valence-electron chi connectivity index (χ0n) is 16.2. The third-order valence-electron chi connectivity index (χ3n) is 7.12. The molecule has 1 saturated carbocycles. The van der Waals surface area contributed by atoms with Crippen LogP contribution in [0.5, 0.6) is 0 Å². The van der Waals surface area contributed by atoms with E-state index in [0.29, 0.717) is 11.3 Å². The summed E-state index contributed by atoms with van der Waals surface area (Å²) in [4.78, 5) is 20.1. The van der Waals surface area contributed by atoms with Crippen LogP contribution in [0.25, 0.3) is 11.0 Å². The van der Waals surface area contributed by atoms with Crippen LogP contribution in [-0.4, -0.2) is 27.4 Å². The molecule has 2 aromatic carbocycles. The van der Waals surface area contributed by atoms with Crippen LogP contribution in [0, 0.1) is 5.41 Å². The van der Waals surface area contributed by atoms with Crippen LogP contribution < -0.4 is 0 Å². The number of imidazole rings is 1. The standard InChI is InChI=1S/C23H22ClN3O/c1-23(2)11-15(23)13-5-4-6-14-20(13)18-10-19(26(3)22(14)28)21-25-16-8-7-12(24)9-17(16)27(18)21/h4-9,15,18-19H,10-11H2,1-3H3/t15?,18-,19-/m1/s1. The number of rotatable bonds is 1. The number of fused-ring (bicyclic) bond motifs is 9. The molecule has 0 N–H and O–H groups in total. The van der Waals surface area contributed by atoms with Crippen LogP contribution in [0.1, 0.15) is 72.0 Å². The van der Waals surface area contributed by atoms with Crippen LogP contribution in [-0.2, 0) is 0 Å². The summed E-state index contributed by atoms with van der Waals surface area (Å²) < 4.78 is 2.34. The molecule has 4 nitrogen and oxygen atoms in total. The second-order valence-electron chi connectivity index (χ2n) is 9.21. The van der Waals surface area contributed by atoms with Crippen molar-refractivity contribution in [1.29, 1.82) is 0 Å². The van der Waals surface area contributed by atoms with Crippen LogP contribution in [0.2, 0.25) is 5.02 Å². The van der Waals surface area contributed by atoms with Gasteiger partial charge < -0.3 is 9.47 Å². The van der Waals surface area contributed by atoms with Crippen molar-refractivity contribution < 1.29 is 4.79 Å². The summed E-state index contributed by atoms with van der Waals surface area (Å²) in [5.41, 5.74) is 5.71. The lowest BCUT2D eigenvalue weighted by Gasteiger charge is -2.25. The van der Waals surface area contributed by atoms with E-state index < -0.39 is 0 Å². The molecule has 6 rings (SSSR count). The van der Waals surface area contributed by atoms with Crippen LogP contribution in [0.4, 0.5) is 0 Å². The molecular weight excluding hydrogens is 370 g/mol. The van der Waals surface area contributed by atoms with E-state index in [1.165, 1.54) is 17.5 Å². The Morgan fingerprint density at radius 1 is 1.18 bits per heavy atom. The first-order valence-electron chi connectivity index (χ1n) is 9.94. The summed E-state index contributed by atoms with van der Waals surface area (Å²) in [6.07, 6.45) is 2.05. The molecule has 5 heteroatoms. The summed E-state index contributed by atoms with van der Waals surface area (Å²) >= 11 is 6.33. The quantitative estimate of drug-likeness (QED) is 0.562. The highest BCUT2D eigenvalue weighted by Crippen LogP contribution is 2.61. The molecular formula is C23H22ClN3O. The Hall–Kier alpha value is -2.33. The fourth-order valence-corrected chi connectivity index (χ4v) is 5.59. The molecule has 3 aromatic rings. The minimum atomic E-state index is -0.00358. The van der Waals surface area contributed by atoms with E-state index in [-0.39, 0.29) is 18.0 Å². The molecule has 1 aliphatic carbocycles. The normalized spacial score (nSPS) is 26.9. The summed E-state index contributed by atoms with van der Waals surface area (Å²) in [6, 6.07) is 12.3. The SMILES string of the molecule is CN1C(=O)c2cccc(C3CC3(C)C)c2[C@H]2C[C@@H]1c1nc3ccc(Cl)cc3n12.